The fourth-order valence-electron chi connectivity index (χ4n) is 3.15. The molecular weight excluding hydrogens is 398 g/mol. The molecule has 1 aliphatic rings. The van der Waals surface area contributed by atoms with Crippen LogP contribution in [0.4, 0.5) is 0 Å². The minimum Gasteiger partial charge on any atom is -0.323 e. The molecule has 10 nitrogen and oxygen atoms in total. The van der Waals surface area contributed by atoms with Gasteiger partial charge in [-0.05, 0) is 43.0 Å². The van der Waals surface area contributed by atoms with E-state index in [9.17, 15) is 14.4 Å². The van der Waals surface area contributed by atoms with Crippen molar-refractivity contribution in [3.8, 4) is 0 Å². The number of aryl methyl sites for hydroxylation is 1. The Morgan fingerprint density at radius 3 is 2.72 bits per heavy atom. The van der Waals surface area contributed by atoms with E-state index < -0.39 is 11.2 Å². The number of nitrogens with zero attached hydrogens (tertiary/aromatic N) is 6. The number of rotatable bonds is 6. The fourth-order valence-corrected chi connectivity index (χ4v) is 3.33. The Morgan fingerprint density at radius 2 is 1.97 bits per heavy atom. The minimum atomic E-state index is -0.474. The van der Waals surface area contributed by atoms with E-state index in [1.165, 1.54) is 11.6 Å². The van der Waals surface area contributed by atoms with Crippen molar-refractivity contribution >= 4 is 40.0 Å². The van der Waals surface area contributed by atoms with Crippen LogP contribution in [0.3, 0.4) is 0 Å². The van der Waals surface area contributed by atoms with Crippen molar-refractivity contribution in [3.63, 3.8) is 0 Å². The van der Waals surface area contributed by atoms with Crippen LogP contribution in [-0.4, -0.2) is 41.3 Å². The zero-order valence-electron chi connectivity index (χ0n) is 15.4. The number of hydrogen-bond acceptors (Lipinski definition) is 7. The highest BCUT2D eigenvalue weighted by Gasteiger charge is 2.25. The zero-order chi connectivity index (χ0) is 20.5. The van der Waals surface area contributed by atoms with Crippen LogP contribution in [0.2, 0.25) is 5.28 Å². The third kappa shape index (κ3) is 3.42. The average Bonchev–Trinajstić information content (AvgIpc) is 3.29. The highest BCUT2D eigenvalue weighted by atomic mass is 35.5. The number of ketones is 1. The molecule has 0 saturated heterocycles. The number of carbonyl (C=O) groups is 1. The molecule has 0 unspecified atom stereocenters. The van der Waals surface area contributed by atoms with Gasteiger partial charge in [0, 0.05) is 19.8 Å². The van der Waals surface area contributed by atoms with E-state index in [0.717, 1.165) is 4.57 Å². The van der Waals surface area contributed by atoms with E-state index in [1.54, 1.807) is 24.4 Å². The monoisotopic (exact) mass is 413 g/mol. The highest BCUT2D eigenvalue weighted by Crippen LogP contribution is 2.12. The molecule has 0 atom stereocenters. The summed E-state index contributed by atoms with van der Waals surface area (Å²) in [5.74, 6) is -0.245. The summed E-state index contributed by atoms with van der Waals surface area (Å²) in [5.41, 5.74) is 0.511. The molecule has 0 radical (unpaired) electrons. The largest absolute Gasteiger partial charge is 0.332 e. The quantitative estimate of drug-likeness (QED) is 0.477. The Labute approximate surface area is 168 Å². The Bertz CT molecular complexity index is 1280. The van der Waals surface area contributed by atoms with Crippen molar-refractivity contribution in [3.05, 3.63) is 56.2 Å². The van der Waals surface area contributed by atoms with E-state index in [1.807, 2.05) is 0 Å². The first kappa shape index (κ1) is 18.9. The van der Waals surface area contributed by atoms with Crippen LogP contribution in [0, 0.1) is 0 Å². The van der Waals surface area contributed by atoms with E-state index >= 15 is 0 Å². The summed E-state index contributed by atoms with van der Waals surface area (Å²) in [4.78, 5) is 48.2. The van der Waals surface area contributed by atoms with Crippen molar-refractivity contribution in [1.29, 1.82) is 0 Å². The Hall–Kier alpha value is -3.40. The maximum Gasteiger partial charge on any atom is 0.332 e. The van der Waals surface area contributed by atoms with Crippen molar-refractivity contribution < 1.29 is 4.79 Å². The first-order valence-electron chi connectivity index (χ1n) is 8.93. The topological polar surface area (TPSA) is 127 Å². The summed E-state index contributed by atoms with van der Waals surface area (Å²) in [5, 5.41) is 7.95. The lowest BCUT2D eigenvalue weighted by atomic mass is 10.0. The van der Waals surface area contributed by atoms with Crippen molar-refractivity contribution in [2.75, 3.05) is 0 Å². The standard InChI is InChI=1S/C18H16ClN7O3/c1-25-15-13(21-17(19)22-15)16(28)26(18(25)29)9-5-3-7-11-14(27)12(24-23-11)10-6-2-4-8-20-10/h2,4,6,8H,3,5,7,9H2,1H3,(H,21,22). The molecule has 0 aliphatic carbocycles. The third-order valence-electron chi connectivity index (χ3n) is 4.65. The minimum absolute atomic E-state index is 0.0475. The average molecular weight is 414 g/mol. The second-order valence-electron chi connectivity index (χ2n) is 6.52. The molecule has 3 aromatic heterocycles. The Balaban J connectivity index is 1.40. The Morgan fingerprint density at radius 1 is 1.14 bits per heavy atom. The normalized spacial score (nSPS) is 13.8. The smallest absolute Gasteiger partial charge is 0.323 e. The predicted octanol–water partition coefficient (Wildman–Crippen LogP) is 1.07. The molecule has 3 aromatic rings. The van der Waals surface area contributed by atoms with Gasteiger partial charge in [-0.25, -0.2) is 4.79 Å². The maximum absolute atomic E-state index is 12.5. The number of fused-ring (bicyclic) bond motifs is 1. The molecule has 4 heterocycles. The van der Waals surface area contributed by atoms with Gasteiger partial charge >= 0.3 is 5.69 Å². The molecule has 29 heavy (non-hydrogen) atoms. The van der Waals surface area contributed by atoms with Crippen LogP contribution in [0.5, 0.6) is 0 Å². The number of H-pyrrole nitrogens is 1. The number of unbranched alkanes of at least 4 members (excludes halogenated alkanes) is 1. The molecule has 148 valence electrons. The summed E-state index contributed by atoms with van der Waals surface area (Å²) >= 11 is 5.81. The maximum atomic E-state index is 12.5. The second-order valence-corrected chi connectivity index (χ2v) is 6.88. The lowest BCUT2D eigenvalue weighted by Gasteiger charge is -2.07. The van der Waals surface area contributed by atoms with Crippen LogP contribution in [0.25, 0.3) is 11.2 Å². The van der Waals surface area contributed by atoms with E-state index in [2.05, 4.69) is 25.2 Å². The molecule has 11 heteroatoms. The second kappa shape index (κ2) is 7.55. The number of imidazole rings is 1. The molecule has 0 aromatic carbocycles. The highest BCUT2D eigenvalue weighted by molar-refractivity contribution is 6.70. The number of carbonyl (C=O) groups excluding carboxylic acids is 1. The predicted molar refractivity (Wildman–Crippen MR) is 108 cm³/mol. The molecule has 0 bridgehead atoms. The number of nitrogens with one attached hydrogen (secondary N) is 1. The van der Waals surface area contributed by atoms with Crippen LogP contribution in [0.1, 0.15) is 25.0 Å². The van der Waals surface area contributed by atoms with Crippen LogP contribution in [0.15, 0.2) is 44.2 Å². The van der Waals surface area contributed by atoms with Gasteiger partial charge in [0.25, 0.3) is 5.56 Å². The van der Waals surface area contributed by atoms with E-state index in [-0.39, 0.29) is 34.5 Å². The number of aromatic amines is 1. The molecule has 4 rings (SSSR count). The molecule has 0 spiro atoms. The lowest BCUT2D eigenvalue weighted by Crippen LogP contribution is -2.39. The van der Waals surface area contributed by atoms with Crippen molar-refractivity contribution in [2.45, 2.75) is 25.8 Å². The van der Waals surface area contributed by atoms with Gasteiger partial charge in [0.15, 0.2) is 16.9 Å². The van der Waals surface area contributed by atoms with Crippen molar-refractivity contribution in [1.82, 2.24) is 24.1 Å². The zero-order valence-corrected chi connectivity index (χ0v) is 16.2. The lowest BCUT2D eigenvalue weighted by molar-refractivity contribution is -0.107. The number of pyridine rings is 1. The van der Waals surface area contributed by atoms with Gasteiger partial charge in [0.1, 0.15) is 5.71 Å². The first-order valence-corrected chi connectivity index (χ1v) is 9.31. The van der Waals surface area contributed by atoms with Gasteiger partial charge in [0.05, 0.1) is 5.69 Å². The summed E-state index contributed by atoms with van der Waals surface area (Å²) < 4.78 is 2.40. The van der Waals surface area contributed by atoms with Gasteiger partial charge in [-0.1, -0.05) is 6.07 Å². The number of aromatic nitrogens is 5. The molecule has 0 saturated carbocycles. The van der Waals surface area contributed by atoms with Gasteiger partial charge in [0.2, 0.25) is 11.1 Å². The van der Waals surface area contributed by atoms with E-state index in [0.29, 0.717) is 30.7 Å². The number of Topliss-reactive ketones (excluding diaryl/α,β-unsaturated/α-hetero) is 1. The molecule has 1 N–H and O–H groups in total. The third-order valence-corrected chi connectivity index (χ3v) is 4.83. The number of halogens is 1. The van der Waals surface area contributed by atoms with Gasteiger partial charge in [-0.3, -0.25) is 23.7 Å². The van der Waals surface area contributed by atoms with Crippen molar-refractivity contribution in [2.24, 2.45) is 17.3 Å². The van der Waals surface area contributed by atoms with Crippen LogP contribution in [-0.2, 0) is 18.4 Å². The summed E-state index contributed by atoms with van der Waals surface area (Å²) in [6, 6.07) is 5.24. The molecule has 1 aliphatic heterocycles. The Kier molecular flexibility index (Phi) is 4.93. The van der Waals surface area contributed by atoms with Gasteiger partial charge in [-0.2, -0.15) is 10.1 Å². The van der Waals surface area contributed by atoms with Crippen LogP contribution < -0.4 is 11.2 Å². The van der Waals surface area contributed by atoms with E-state index in [4.69, 9.17) is 11.6 Å². The van der Waals surface area contributed by atoms with Crippen LogP contribution >= 0.6 is 11.6 Å². The van der Waals surface area contributed by atoms with Gasteiger partial charge < -0.3 is 4.98 Å². The molecule has 0 fully saturated rings. The summed E-state index contributed by atoms with van der Waals surface area (Å²) in [7, 11) is 1.53. The SMILES string of the molecule is Cn1c(=O)n(CCCCC2=NN=C(c3ccccn3)C2=O)c(=O)c2[nH]c(Cl)nc21. The molecule has 0 amide bonds. The summed E-state index contributed by atoms with van der Waals surface area (Å²) in [6.07, 6.45) is 3.05. The number of hydrogen-bond donors (Lipinski definition) is 1. The fraction of sp³-hybridized carbons (Fsp3) is 0.278. The van der Waals surface area contributed by atoms with Gasteiger partial charge in [-0.15, -0.1) is 5.10 Å². The first-order chi connectivity index (χ1) is 14.0. The summed E-state index contributed by atoms with van der Waals surface area (Å²) in [6.45, 7) is 0.202. The molecular formula is C18H16ClN7O3.